The molecule has 0 aliphatic carbocycles. The van der Waals surface area contributed by atoms with Crippen molar-refractivity contribution in [3.8, 4) is 0 Å². The Bertz CT molecular complexity index is 1330. The van der Waals surface area contributed by atoms with Crippen molar-refractivity contribution >= 4 is 23.7 Å². The fourth-order valence-corrected chi connectivity index (χ4v) is 5.17. The molecule has 0 saturated carbocycles. The fourth-order valence-electron chi connectivity index (χ4n) is 5.17. The van der Waals surface area contributed by atoms with Crippen LogP contribution < -0.4 is 20.9 Å². The van der Waals surface area contributed by atoms with Crippen LogP contribution in [-0.2, 0) is 14.3 Å². The number of methoxy groups -OCH3 is 2. The number of esters is 1. The highest BCUT2D eigenvalue weighted by Crippen LogP contribution is 2.36. The second-order valence-electron chi connectivity index (χ2n) is 9.93. The summed E-state index contributed by atoms with van der Waals surface area (Å²) in [4.78, 5) is 42.2. The van der Waals surface area contributed by atoms with Crippen molar-refractivity contribution in [3.05, 3.63) is 76.7 Å². The first-order valence-corrected chi connectivity index (χ1v) is 13.6. The van der Waals surface area contributed by atoms with Crippen LogP contribution in [0.15, 0.2) is 53.7 Å². The van der Waals surface area contributed by atoms with Crippen molar-refractivity contribution in [2.24, 2.45) is 0 Å². The lowest BCUT2D eigenvalue weighted by molar-refractivity contribution is -0.136. The van der Waals surface area contributed by atoms with Crippen LogP contribution in [0.2, 0.25) is 0 Å². The number of nitrogens with one attached hydrogen (secondary N) is 3. The maximum atomic E-state index is 14.3. The normalized spacial score (nSPS) is 17.7. The lowest BCUT2D eigenvalue weighted by atomic mass is 9.92. The molecule has 4 amide bonds. The zero-order valence-corrected chi connectivity index (χ0v) is 23.4. The molecule has 1 saturated heterocycles. The summed E-state index contributed by atoms with van der Waals surface area (Å²) in [6, 6.07) is 6.49. The Hall–Kier alpha value is -4.10. The first-order chi connectivity index (χ1) is 20.2. The third-order valence-corrected chi connectivity index (χ3v) is 7.28. The van der Waals surface area contributed by atoms with Gasteiger partial charge in [0.2, 0.25) is 0 Å². The minimum absolute atomic E-state index is 0.0115. The molecule has 10 nitrogen and oxygen atoms in total. The van der Waals surface area contributed by atoms with Gasteiger partial charge in [0.25, 0.3) is 0 Å². The smallest absolute Gasteiger partial charge is 0.338 e. The number of imide groups is 1. The average Bonchev–Trinajstić information content (AvgIpc) is 2.99. The first kappa shape index (κ1) is 30.8. The summed E-state index contributed by atoms with van der Waals surface area (Å²) in [7, 11) is 2.58. The van der Waals surface area contributed by atoms with E-state index in [0.29, 0.717) is 6.54 Å². The quantitative estimate of drug-likeness (QED) is 0.287. The molecule has 42 heavy (non-hydrogen) atoms. The third-order valence-electron chi connectivity index (χ3n) is 7.28. The van der Waals surface area contributed by atoms with Crippen LogP contribution in [0, 0.1) is 17.5 Å². The predicted octanol–water partition coefficient (Wildman–Crippen LogP) is 3.60. The summed E-state index contributed by atoms with van der Waals surface area (Å²) in [5.41, 5.74) is 0.900. The molecule has 2 heterocycles. The van der Waals surface area contributed by atoms with Crippen LogP contribution in [0.3, 0.4) is 0 Å². The molecule has 2 aliphatic heterocycles. The van der Waals surface area contributed by atoms with Crippen molar-refractivity contribution in [2.75, 3.05) is 51.9 Å². The molecule has 1 atom stereocenters. The van der Waals surface area contributed by atoms with Crippen LogP contribution in [0.4, 0.5) is 28.4 Å². The molecule has 13 heteroatoms. The number of ether oxygens (including phenoxy) is 2. The number of anilines is 1. The lowest BCUT2D eigenvalue weighted by Crippen LogP contribution is -2.55. The van der Waals surface area contributed by atoms with Gasteiger partial charge in [-0.15, -0.1) is 0 Å². The first-order valence-electron chi connectivity index (χ1n) is 13.6. The standard InChI is InChI=1S/C29H34F3N5O5/c1-41-15-10-24-25(27(38)42-2)26(18-6-7-22(31)23(32)16-18)37(29(40)35-24)28(39)34-12-11-33-20-8-13-36(14-9-20)21-5-3-4-19(30)17-21/h3-7,16-17,20,26,33H,8-15H2,1-2H3,(H,34,39)(H,35,40)/t26-/m0/s1. The van der Waals surface area contributed by atoms with E-state index in [-0.39, 0.29) is 48.3 Å². The summed E-state index contributed by atoms with van der Waals surface area (Å²) in [5, 5.41) is 8.59. The zero-order valence-electron chi connectivity index (χ0n) is 23.4. The Morgan fingerprint density at radius 2 is 1.79 bits per heavy atom. The van der Waals surface area contributed by atoms with Crippen LogP contribution in [0.5, 0.6) is 0 Å². The van der Waals surface area contributed by atoms with E-state index in [4.69, 9.17) is 9.47 Å². The molecule has 4 rings (SSSR count). The molecular formula is C29H34F3N5O5. The number of nitrogens with zero attached hydrogens (tertiary/aromatic N) is 2. The van der Waals surface area contributed by atoms with Gasteiger partial charge in [-0.2, -0.15) is 0 Å². The number of hydrogen-bond donors (Lipinski definition) is 3. The van der Waals surface area contributed by atoms with E-state index in [1.54, 1.807) is 6.07 Å². The average molecular weight is 590 g/mol. The number of halogens is 3. The summed E-state index contributed by atoms with van der Waals surface area (Å²) in [6.45, 7) is 2.15. The summed E-state index contributed by atoms with van der Waals surface area (Å²) < 4.78 is 51.6. The number of hydrogen-bond acceptors (Lipinski definition) is 7. The maximum absolute atomic E-state index is 14.3. The minimum atomic E-state index is -1.38. The van der Waals surface area contributed by atoms with E-state index in [1.807, 2.05) is 6.07 Å². The number of piperidine rings is 1. The van der Waals surface area contributed by atoms with Gasteiger partial charge in [0.1, 0.15) is 11.9 Å². The lowest BCUT2D eigenvalue weighted by Gasteiger charge is -2.37. The van der Waals surface area contributed by atoms with Crippen LogP contribution in [-0.4, -0.2) is 76.0 Å². The number of carbonyl (C=O) groups excluding carboxylic acids is 3. The summed E-state index contributed by atoms with van der Waals surface area (Å²) >= 11 is 0. The molecule has 0 unspecified atom stereocenters. The molecule has 1 fully saturated rings. The van der Waals surface area contributed by atoms with Gasteiger partial charge in [-0.25, -0.2) is 32.5 Å². The number of urea groups is 2. The molecule has 226 valence electrons. The summed E-state index contributed by atoms with van der Waals surface area (Å²) in [5.74, 6) is -3.45. The molecule has 2 aliphatic rings. The SMILES string of the molecule is COCCC1=C(C(=O)OC)[C@H](c2ccc(F)c(F)c2)N(C(=O)NCCNC2CCN(c3cccc(F)c3)CC2)C(=O)N1. The highest BCUT2D eigenvalue weighted by atomic mass is 19.2. The molecule has 0 radical (unpaired) electrons. The van der Waals surface area contributed by atoms with E-state index in [2.05, 4.69) is 20.9 Å². The third kappa shape index (κ3) is 7.21. The monoisotopic (exact) mass is 589 g/mol. The highest BCUT2D eigenvalue weighted by Gasteiger charge is 2.43. The highest BCUT2D eigenvalue weighted by molar-refractivity contribution is 6.01. The molecule has 2 aromatic carbocycles. The van der Waals surface area contributed by atoms with Gasteiger partial charge in [0, 0.05) is 57.1 Å². The van der Waals surface area contributed by atoms with Crippen molar-refractivity contribution in [1.29, 1.82) is 0 Å². The molecule has 2 aromatic rings. The van der Waals surface area contributed by atoms with Gasteiger partial charge in [-0.05, 0) is 48.7 Å². The number of rotatable bonds is 10. The van der Waals surface area contributed by atoms with Crippen LogP contribution in [0.25, 0.3) is 0 Å². The van der Waals surface area contributed by atoms with Gasteiger partial charge < -0.3 is 30.3 Å². The van der Waals surface area contributed by atoms with Gasteiger partial charge in [-0.3, -0.25) is 0 Å². The van der Waals surface area contributed by atoms with E-state index < -0.39 is 35.7 Å². The van der Waals surface area contributed by atoms with Crippen molar-refractivity contribution in [1.82, 2.24) is 20.9 Å². The van der Waals surface area contributed by atoms with E-state index >= 15 is 0 Å². The van der Waals surface area contributed by atoms with Crippen molar-refractivity contribution < 1.29 is 37.0 Å². The predicted molar refractivity (Wildman–Crippen MR) is 148 cm³/mol. The Labute approximate surface area is 241 Å². The van der Waals surface area contributed by atoms with Crippen LogP contribution in [0.1, 0.15) is 30.9 Å². The number of amides is 4. The molecule has 0 spiro atoms. The molecule has 0 aromatic heterocycles. The number of benzene rings is 2. The van der Waals surface area contributed by atoms with E-state index in [1.165, 1.54) is 25.3 Å². The van der Waals surface area contributed by atoms with Crippen molar-refractivity contribution in [2.45, 2.75) is 31.3 Å². The van der Waals surface area contributed by atoms with Crippen LogP contribution >= 0.6 is 0 Å². The van der Waals surface area contributed by atoms with E-state index in [9.17, 15) is 27.6 Å². The Morgan fingerprint density at radius 1 is 1.02 bits per heavy atom. The molecule has 3 N–H and O–H groups in total. The molecule has 0 bridgehead atoms. The van der Waals surface area contributed by atoms with Crippen molar-refractivity contribution in [3.63, 3.8) is 0 Å². The second kappa shape index (κ2) is 14.2. The maximum Gasteiger partial charge on any atom is 0.338 e. The van der Waals surface area contributed by atoms with Gasteiger partial charge >= 0.3 is 18.0 Å². The Kier molecular flexibility index (Phi) is 10.4. The summed E-state index contributed by atoms with van der Waals surface area (Å²) in [6.07, 6.45) is 1.73. The van der Waals surface area contributed by atoms with E-state index in [0.717, 1.165) is 55.8 Å². The van der Waals surface area contributed by atoms with Gasteiger partial charge in [0.15, 0.2) is 11.6 Å². The van der Waals surface area contributed by atoms with Gasteiger partial charge in [-0.1, -0.05) is 12.1 Å². The minimum Gasteiger partial charge on any atom is -0.466 e. The fraction of sp³-hybridized carbons (Fsp3) is 0.414. The zero-order chi connectivity index (χ0) is 30.2. The second-order valence-corrected chi connectivity index (χ2v) is 9.93. The van der Waals surface area contributed by atoms with Gasteiger partial charge in [0.05, 0.1) is 19.3 Å². The largest absolute Gasteiger partial charge is 0.466 e. The topological polar surface area (TPSA) is 112 Å². The Balaban J connectivity index is 1.43. The molecular weight excluding hydrogens is 555 g/mol. The Morgan fingerprint density at radius 3 is 2.45 bits per heavy atom. The number of carbonyl (C=O) groups is 3.